The van der Waals surface area contributed by atoms with Crippen LogP contribution in [-0.2, 0) is 6.18 Å². The van der Waals surface area contributed by atoms with Gasteiger partial charge in [0, 0.05) is 18.8 Å². The van der Waals surface area contributed by atoms with Crippen molar-refractivity contribution in [3.8, 4) is 5.75 Å². The average Bonchev–Trinajstić information content (AvgIpc) is 2.49. The molecule has 2 aromatic rings. The molecule has 0 fully saturated rings. The Balaban J connectivity index is 2.36. The zero-order valence-electron chi connectivity index (χ0n) is 12.3. The molecule has 0 amide bonds. The van der Waals surface area contributed by atoms with Gasteiger partial charge in [-0.1, -0.05) is 11.6 Å². The fourth-order valence-electron chi connectivity index (χ4n) is 1.80. The Morgan fingerprint density at radius 2 is 2.04 bits per heavy atom. The molecular formula is C14H14ClF3N4O. The summed E-state index contributed by atoms with van der Waals surface area (Å²) in [6.07, 6.45) is -3.81. The lowest BCUT2D eigenvalue weighted by molar-refractivity contribution is -0.137. The first-order chi connectivity index (χ1) is 10.8. The Kier molecular flexibility index (Phi) is 5.15. The molecule has 9 heteroatoms. The summed E-state index contributed by atoms with van der Waals surface area (Å²) in [6, 6.07) is 4.85. The van der Waals surface area contributed by atoms with Crippen molar-refractivity contribution in [1.29, 1.82) is 0 Å². The number of alkyl halides is 3. The van der Waals surface area contributed by atoms with E-state index in [1.54, 1.807) is 25.1 Å². The molecule has 2 rings (SSSR count). The van der Waals surface area contributed by atoms with Crippen molar-refractivity contribution in [2.75, 3.05) is 24.3 Å². The fourth-order valence-corrected chi connectivity index (χ4v) is 1.96. The summed E-state index contributed by atoms with van der Waals surface area (Å²) in [5.74, 6) is 0.233. The van der Waals surface area contributed by atoms with E-state index in [9.17, 15) is 13.2 Å². The van der Waals surface area contributed by atoms with Crippen LogP contribution in [0.1, 0.15) is 12.5 Å². The number of hydrogen-bond donors (Lipinski definition) is 2. The highest BCUT2D eigenvalue weighted by Crippen LogP contribution is 2.34. The number of anilines is 3. The number of halogens is 4. The minimum atomic E-state index is -4.54. The van der Waals surface area contributed by atoms with E-state index in [-0.39, 0.29) is 11.8 Å². The molecule has 124 valence electrons. The largest absolute Gasteiger partial charge is 0.497 e. The van der Waals surface area contributed by atoms with Crippen molar-refractivity contribution in [3.63, 3.8) is 0 Å². The smallest absolute Gasteiger partial charge is 0.421 e. The maximum Gasteiger partial charge on any atom is 0.421 e. The lowest BCUT2D eigenvalue weighted by Gasteiger charge is -2.14. The Morgan fingerprint density at radius 1 is 1.30 bits per heavy atom. The fraction of sp³-hybridized carbons (Fsp3) is 0.286. The van der Waals surface area contributed by atoms with Gasteiger partial charge in [-0.2, -0.15) is 18.2 Å². The lowest BCUT2D eigenvalue weighted by atomic mass is 10.3. The molecule has 1 heterocycles. The Labute approximate surface area is 135 Å². The number of methoxy groups -OCH3 is 1. The predicted octanol–water partition coefficient (Wildman–Crippen LogP) is 4.33. The van der Waals surface area contributed by atoms with Gasteiger partial charge in [-0.3, -0.25) is 0 Å². The molecule has 1 aromatic carbocycles. The number of nitrogens with one attached hydrogen (secondary N) is 2. The van der Waals surface area contributed by atoms with Crippen LogP contribution in [0.3, 0.4) is 0 Å². The van der Waals surface area contributed by atoms with Crippen LogP contribution in [-0.4, -0.2) is 23.6 Å². The van der Waals surface area contributed by atoms with Crippen LogP contribution < -0.4 is 15.4 Å². The number of benzene rings is 1. The molecule has 0 aliphatic carbocycles. The van der Waals surface area contributed by atoms with Crippen molar-refractivity contribution < 1.29 is 17.9 Å². The van der Waals surface area contributed by atoms with Gasteiger partial charge in [0.2, 0.25) is 5.95 Å². The number of hydrogen-bond acceptors (Lipinski definition) is 5. The van der Waals surface area contributed by atoms with Crippen molar-refractivity contribution in [2.24, 2.45) is 0 Å². The summed E-state index contributed by atoms with van der Waals surface area (Å²) < 4.78 is 43.8. The Morgan fingerprint density at radius 3 is 2.65 bits per heavy atom. The van der Waals surface area contributed by atoms with E-state index in [1.165, 1.54) is 7.11 Å². The van der Waals surface area contributed by atoms with Gasteiger partial charge in [0.05, 0.1) is 17.8 Å². The Hall–Kier alpha value is -2.22. The molecule has 0 saturated carbocycles. The first-order valence-corrected chi connectivity index (χ1v) is 7.01. The third-order valence-corrected chi connectivity index (χ3v) is 3.19. The van der Waals surface area contributed by atoms with Crippen molar-refractivity contribution in [1.82, 2.24) is 9.97 Å². The van der Waals surface area contributed by atoms with Crippen LogP contribution in [0.15, 0.2) is 24.4 Å². The van der Waals surface area contributed by atoms with Crippen molar-refractivity contribution in [3.05, 3.63) is 35.0 Å². The monoisotopic (exact) mass is 346 g/mol. The topological polar surface area (TPSA) is 59.1 Å². The Bertz CT molecular complexity index is 694. The molecule has 0 atom stereocenters. The van der Waals surface area contributed by atoms with E-state index in [4.69, 9.17) is 16.3 Å². The van der Waals surface area contributed by atoms with E-state index < -0.39 is 11.7 Å². The van der Waals surface area contributed by atoms with Crippen LogP contribution in [0.4, 0.5) is 30.6 Å². The third-order valence-electron chi connectivity index (χ3n) is 2.86. The standard InChI is InChI=1S/C14H14ClF3N4O/c1-3-19-12-9(14(16,17)18)7-20-13(22-12)21-11-6-8(23-2)4-5-10(11)15/h4-7H,3H2,1-2H3,(H2,19,20,21,22). The minimum absolute atomic E-state index is 0.0101. The SMILES string of the molecule is CCNc1nc(Nc2cc(OC)ccc2Cl)ncc1C(F)(F)F. The number of ether oxygens (including phenoxy) is 1. The highest BCUT2D eigenvalue weighted by Gasteiger charge is 2.35. The van der Waals surface area contributed by atoms with Gasteiger partial charge >= 0.3 is 6.18 Å². The summed E-state index contributed by atoms with van der Waals surface area (Å²) in [5.41, 5.74) is -0.505. The van der Waals surface area contributed by atoms with E-state index in [0.29, 0.717) is 23.0 Å². The minimum Gasteiger partial charge on any atom is -0.497 e. The molecule has 0 bridgehead atoms. The van der Waals surface area contributed by atoms with E-state index in [2.05, 4.69) is 20.6 Å². The normalized spacial score (nSPS) is 11.2. The summed E-state index contributed by atoms with van der Waals surface area (Å²) >= 11 is 6.04. The quantitative estimate of drug-likeness (QED) is 0.843. The van der Waals surface area contributed by atoms with Gasteiger partial charge < -0.3 is 15.4 Å². The number of rotatable bonds is 5. The van der Waals surface area contributed by atoms with Crippen LogP contribution in [0.5, 0.6) is 5.75 Å². The second kappa shape index (κ2) is 6.91. The highest BCUT2D eigenvalue weighted by atomic mass is 35.5. The van der Waals surface area contributed by atoms with Crippen LogP contribution in [0, 0.1) is 0 Å². The van der Waals surface area contributed by atoms with E-state index in [0.717, 1.165) is 6.20 Å². The van der Waals surface area contributed by atoms with E-state index in [1.807, 2.05) is 0 Å². The summed E-state index contributed by atoms with van der Waals surface area (Å²) in [6.45, 7) is 1.97. The highest BCUT2D eigenvalue weighted by molar-refractivity contribution is 6.33. The number of aromatic nitrogens is 2. The zero-order chi connectivity index (χ0) is 17.0. The second-order valence-corrected chi connectivity index (χ2v) is 4.86. The first-order valence-electron chi connectivity index (χ1n) is 6.63. The molecular weight excluding hydrogens is 333 g/mol. The molecule has 0 spiro atoms. The van der Waals surface area contributed by atoms with Crippen LogP contribution in [0.25, 0.3) is 0 Å². The molecule has 23 heavy (non-hydrogen) atoms. The van der Waals surface area contributed by atoms with Crippen LogP contribution >= 0.6 is 11.6 Å². The molecule has 0 aliphatic rings. The van der Waals surface area contributed by atoms with Gasteiger partial charge in [-0.25, -0.2) is 4.98 Å². The summed E-state index contributed by atoms with van der Waals surface area (Å²) in [7, 11) is 1.49. The predicted molar refractivity (Wildman–Crippen MR) is 82.5 cm³/mol. The van der Waals surface area contributed by atoms with Gasteiger partial charge in [0.25, 0.3) is 0 Å². The van der Waals surface area contributed by atoms with Gasteiger partial charge in [0.1, 0.15) is 17.1 Å². The average molecular weight is 347 g/mol. The van der Waals surface area contributed by atoms with E-state index >= 15 is 0 Å². The van der Waals surface area contributed by atoms with Gasteiger partial charge in [-0.05, 0) is 19.1 Å². The molecule has 0 radical (unpaired) electrons. The summed E-state index contributed by atoms with van der Waals surface area (Å²) in [5, 5.41) is 5.72. The third kappa shape index (κ3) is 4.16. The second-order valence-electron chi connectivity index (χ2n) is 4.45. The molecule has 0 unspecified atom stereocenters. The molecule has 1 aromatic heterocycles. The maximum absolute atomic E-state index is 12.9. The van der Waals surface area contributed by atoms with Crippen molar-refractivity contribution >= 4 is 29.1 Å². The maximum atomic E-state index is 12.9. The molecule has 5 nitrogen and oxygen atoms in total. The van der Waals surface area contributed by atoms with Gasteiger partial charge in [-0.15, -0.1) is 0 Å². The number of nitrogens with zero attached hydrogens (tertiary/aromatic N) is 2. The van der Waals surface area contributed by atoms with Crippen molar-refractivity contribution in [2.45, 2.75) is 13.1 Å². The molecule has 0 saturated heterocycles. The van der Waals surface area contributed by atoms with Crippen LogP contribution in [0.2, 0.25) is 5.02 Å². The first kappa shape index (κ1) is 17.1. The summed E-state index contributed by atoms with van der Waals surface area (Å²) in [4.78, 5) is 7.57. The molecule has 2 N–H and O–H groups in total. The van der Waals surface area contributed by atoms with Gasteiger partial charge in [0.15, 0.2) is 0 Å². The molecule has 0 aliphatic heterocycles. The zero-order valence-corrected chi connectivity index (χ0v) is 13.1. The lowest BCUT2D eigenvalue weighted by Crippen LogP contribution is -2.14.